The molecule has 4 rings (SSSR count). The topological polar surface area (TPSA) is 74.2 Å². The van der Waals surface area contributed by atoms with Crippen LogP contribution in [-0.2, 0) is 0 Å². The number of rotatable bonds is 4. The molecule has 24 heavy (non-hydrogen) atoms. The van der Waals surface area contributed by atoms with Crippen molar-refractivity contribution in [3.63, 3.8) is 0 Å². The number of ether oxygens (including phenoxy) is 4. The SMILES string of the molecule is COc1cc(C=O)cc2c1OC(c1ccc3c(c1)OCO3)C2CO. The van der Waals surface area contributed by atoms with Gasteiger partial charge in [0.1, 0.15) is 12.4 Å². The lowest BCUT2D eigenvalue weighted by Gasteiger charge is -2.18. The Labute approximate surface area is 138 Å². The third-order valence-corrected chi connectivity index (χ3v) is 4.39. The standard InChI is InChI=1S/C18H16O6/c1-21-16-5-10(7-19)4-12-13(8-20)17(24-18(12)16)11-2-3-14-15(6-11)23-9-22-14/h2-7,13,17,20H,8-9H2,1H3. The van der Waals surface area contributed by atoms with Crippen molar-refractivity contribution in [2.45, 2.75) is 12.0 Å². The van der Waals surface area contributed by atoms with Gasteiger partial charge < -0.3 is 24.1 Å². The van der Waals surface area contributed by atoms with E-state index in [4.69, 9.17) is 18.9 Å². The number of methoxy groups -OCH3 is 1. The second kappa shape index (κ2) is 5.72. The van der Waals surface area contributed by atoms with E-state index in [0.29, 0.717) is 28.6 Å². The normalized spacial score (nSPS) is 20.4. The van der Waals surface area contributed by atoms with E-state index in [1.807, 2.05) is 18.2 Å². The van der Waals surface area contributed by atoms with Gasteiger partial charge in [0.2, 0.25) is 6.79 Å². The molecule has 6 nitrogen and oxygen atoms in total. The molecule has 2 unspecified atom stereocenters. The van der Waals surface area contributed by atoms with Gasteiger partial charge in [-0.05, 0) is 29.8 Å². The van der Waals surface area contributed by atoms with Crippen molar-refractivity contribution in [2.24, 2.45) is 0 Å². The van der Waals surface area contributed by atoms with Crippen LogP contribution < -0.4 is 18.9 Å². The number of hydrogen-bond acceptors (Lipinski definition) is 6. The fourth-order valence-corrected chi connectivity index (χ4v) is 3.22. The Hall–Kier alpha value is -2.73. The van der Waals surface area contributed by atoms with Gasteiger partial charge in [0.05, 0.1) is 19.6 Å². The summed E-state index contributed by atoms with van der Waals surface area (Å²) < 4.78 is 22.2. The van der Waals surface area contributed by atoms with E-state index < -0.39 is 6.10 Å². The van der Waals surface area contributed by atoms with Crippen molar-refractivity contribution in [3.05, 3.63) is 47.0 Å². The summed E-state index contributed by atoms with van der Waals surface area (Å²) in [6.45, 7) is 0.0854. The van der Waals surface area contributed by atoms with Gasteiger partial charge >= 0.3 is 0 Å². The highest BCUT2D eigenvalue weighted by molar-refractivity contribution is 5.78. The maximum absolute atomic E-state index is 11.2. The predicted octanol–water partition coefficient (Wildman–Crippen LogP) is 2.45. The molecule has 2 aromatic carbocycles. The molecule has 0 spiro atoms. The van der Waals surface area contributed by atoms with Crippen LogP contribution in [0.2, 0.25) is 0 Å². The third kappa shape index (κ3) is 2.18. The quantitative estimate of drug-likeness (QED) is 0.869. The molecule has 6 heteroatoms. The Morgan fingerprint density at radius 2 is 2.08 bits per heavy atom. The van der Waals surface area contributed by atoms with E-state index >= 15 is 0 Å². The molecule has 2 heterocycles. The summed E-state index contributed by atoms with van der Waals surface area (Å²) in [5.74, 6) is 2.09. The number of carbonyl (C=O) groups is 1. The molecule has 0 saturated heterocycles. The lowest BCUT2D eigenvalue weighted by molar-refractivity contribution is 0.112. The first-order valence-corrected chi connectivity index (χ1v) is 7.59. The largest absolute Gasteiger partial charge is 0.493 e. The molecule has 0 saturated carbocycles. The maximum Gasteiger partial charge on any atom is 0.231 e. The van der Waals surface area contributed by atoms with E-state index in [2.05, 4.69) is 0 Å². The molecule has 0 fully saturated rings. The van der Waals surface area contributed by atoms with Gasteiger partial charge in [0.15, 0.2) is 23.0 Å². The Kier molecular flexibility index (Phi) is 3.54. The van der Waals surface area contributed by atoms with Crippen molar-refractivity contribution >= 4 is 6.29 Å². The summed E-state index contributed by atoms with van der Waals surface area (Å²) >= 11 is 0. The second-order valence-electron chi connectivity index (χ2n) is 5.70. The Morgan fingerprint density at radius 3 is 2.83 bits per heavy atom. The highest BCUT2D eigenvalue weighted by atomic mass is 16.7. The first-order valence-electron chi connectivity index (χ1n) is 7.59. The molecule has 2 aliphatic heterocycles. The number of benzene rings is 2. The number of carbonyl (C=O) groups excluding carboxylic acids is 1. The third-order valence-electron chi connectivity index (χ3n) is 4.39. The highest BCUT2D eigenvalue weighted by Gasteiger charge is 2.38. The number of hydrogen-bond donors (Lipinski definition) is 1. The van der Waals surface area contributed by atoms with Gasteiger partial charge in [-0.3, -0.25) is 4.79 Å². The average molecular weight is 328 g/mol. The van der Waals surface area contributed by atoms with Crippen LogP contribution in [0.4, 0.5) is 0 Å². The first kappa shape index (κ1) is 14.8. The van der Waals surface area contributed by atoms with Crippen LogP contribution in [0.15, 0.2) is 30.3 Å². The summed E-state index contributed by atoms with van der Waals surface area (Å²) in [5.41, 5.74) is 2.12. The van der Waals surface area contributed by atoms with Gasteiger partial charge in [-0.2, -0.15) is 0 Å². The zero-order chi connectivity index (χ0) is 16.7. The number of fused-ring (bicyclic) bond motifs is 2. The monoisotopic (exact) mass is 328 g/mol. The lowest BCUT2D eigenvalue weighted by atomic mass is 9.90. The van der Waals surface area contributed by atoms with Gasteiger partial charge in [-0.25, -0.2) is 0 Å². The Bertz CT molecular complexity index is 800. The summed E-state index contributed by atoms with van der Waals surface area (Å²) in [6.07, 6.45) is 0.362. The highest BCUT2D eigenvalue weighted by Crippen LogP contribution is 2.51. The number of aliphatic hydroxyl groups excluding tert-OH is 1. The van der Waals surface area contributed by atoms with Crippen molar-refractivity contribution in [2.75, 3.05) is 20.5 Å². The Morgan fingerprint density at radius 1 is 1.25 bits per heavy atom. The van der Waals surface area contributed by atoms with Gasteiger partial charge in [-0.1, -0.05) is 6.07 Å². The molecular formula is C18H16O6. The minimum atomic E-state index is -0.393. The summed E-state index contributed by atoms with van der Waals surface area (Å²) in [6, 6.07) is 8.93. The van der Waals surface area contributed by atoms with Crippen LogP contribution in [0.5, 0.6) is 23.0 Å². The fourth-order valence-electron chi connectivity index (χ4n) is 3.22. The van der Waals surface area contributed by atoms with Gasteiger partial charge in [0, 0.05) is 11.1 Å². The van der Waals surface area contributed by atoms with Crippen LogP contribution in [0.1, 0.15) is 33.5 Å². The van der Waals surface area contributed by atoms with Crippen molar-refractivity contribution in [3.8, 4) is 23.0 Å². The summed E-state index contributed by atoms with van der Waals surface area (Å²) in [4.78, 5) is 11.2. The minimum absolute atomic E-state index is 0.114. The van der Waals surface area contributed by atoms with Crippen LogP contribution in [0, 0.1) is 0 Å². The zero-order valence-electron chi connectivity index (χ0n) is 13.0. The van der Waals surface area contributed by atoms with Gasteiger partial charge in [-0.15, -0.1) is 0 Å². The van der Waals surface area contributed by atoms with E-state index in [1.54, 1.807) is 12.1 Å². The molecule has 0 bridgehead atoms. The molecule has 124 valence electrons. The van der Waals surface area contributed by atoms with Gasteiger partial charge in [0.25, 0.3) is 0 Å². The molecular weight excluding hydrogens is 312 g/mol. The fraction of sp³-hybridized carbons (Fsp3) is 0.278. The van der Waals surface area contributed by atoms with Crippen LogP contribution >= 0.6 is 0 Å². The van der Waals surface area contributed by atoms with E-state index in [9.17, 15) is 9.90 Å². The second-order valence-corrected chi connectivity index (χ2v) is 5.70. The molecule has 2 aromatic rings. The summed E-state index contributed by atoms with van der Waals surface area (Å²) in [7, 11) is 1.52. The molecule has 0 aliphatic carbocycles. The molecule has 2 aliphatic rings. The van der Waals surface area contributed by atoms with Crippen LogP contribution in [0.3, 0.4) is 0 Å². The molecule has 2 atom stereocenters. The summed E-state index contributed by atoms with van der Waals surface area (Å²) in [5, 5.41) is 9.90. The van der Waals surface area contributed by atoms with Crippen molar-refractivity contribution in [1.29, 1.82) is 0 Å². The molecule has 1 N–H and O–H groups in total. The van der Waals surface area contributed by atoms with E-state index in [-0.39, 0.29) is 19.3 Å². The number of aldehydes is 1. The maximum atomic E-state index is 11.2. The average Bonchev–Trinajstić information content (AvgIpc) is 3.23. The minimum Gasteiger partial charge on any atom is -0.493 e. The lowest BCUT2D eigenvalue weighted by Crippen LogP contribution is -2.13. The van der Waals surface area contributed by atoms with Crippen molar-refractivity contribution < 1.29 is 28.8 Å². The first-order chi connectivity index (χ1) is 11.7. The Balaban J connectivity index is 1.77. The number of aliphatic hydroxyl groups is 1. The molecule has 0 radical (unpaired) electrons. The molecule has 0 amide bonds. The van der Waals surface area contributed by atoms with Crippen LogP contribution in [0.25, 0.3) is 0 Å². The van der Waals surface area contributed by atoms with Crippen molar-refractivity contribution in [1.82, 2.24) is 0 Å². The zero-order valence-corrected chi connectivity index (χ0v) is 13.0. The molecule has 0 aromatic heterocycles. The van der Waals surface area contributed by atoms with Crippen LogP contribution in [-0.4, -0.2) is 31.9 Å². The smallest absolute Gasteiger partial charge is 0.231 e. The van der Waals surface area contributed by atoms with E-state index in [1.165, 1.54) is 7.11 Å². The van der Waals surface area contributed by atoms with E-state index in [0.717, 1.165) is 17.4 Å². The predicted molar refractivity (Wildman–Crippen MR) is 84.1 cm³/mol.